The van der Waals surface area contributed by atoms with Crippen molar-refractivity contribution in [2.75, 3.05) is 0 Å². The number of carbonyl (C=O) groups excluding carboxylic acids is 1. The Kier molecular flexibility index (Phi) is 4.73. The minimum Gasteiger partial charge on any atom is -0.454 e. The van der Waals surface area contributed by atoms with Crippen molar-refractivity contribution in [3.8, 4) is 0 Å². The van der Waals surface area contributed by atoms with Crippen molar-refractivity contribution >= 4 is 5.91 Å². The Labute approximate surface area is 155 Å². The summed E-state index contributed by atoms with van der Waals surface area (Å²) in [5, 5.41) is 11.2. The number of aromatic nitrogens is 2. The number of amides is 1. The maximum atomic E-state index is 12.6. The van der Waals surface area contributed by atoms with Crippen molar-refractivity contribution < 1.29 is 9.21 Å². The van der Waals surface area contributed by atoms with E-state index in [0.717, 1.165) is 30.0 Å². The molecule has 6 heteroatoms. The number of hydrogen-bond acceptors (Lipinski definition) is 4. The van der Waals surface area contributed by atoms with E-state index in [1.807, 2.05) is 30.7 Å². The zero-order valence-electron chi connectivity index (χ0n) is 16.6. The second-order valence-corrected chi connectivity index (χ2v) is 8.82. The van der Waals surface area contributed by atoms with Gasteiger partial charge in [-0.3, -0.25) is 9.48 Å². The summed E-state index contributed by atoms with van der Waals surface area (Å²) in [6, 6.07) is 5.74. The SMILES string of the molecule is Cc1cc(C)n(Cc2ccc(C(=O)NC3CC(C)(C)NC(C)(C)C3)o2)n1. The number of nitrogens with zero attached hydrogens (tertiary/aromatic N) is 2. The molecule has 0 saturated carbocycles. The monoisotopic (exact) mass is 358 g/mol. The molecule has 1 saturated heterocycles. The molecule has 1 aliphatic rings. The Bertz CT molecular complexity index is 785. The summed E-state index contributed by atoms with van der Waals surface area (Å²) in [5.41, 5.74) is 2.03. The number of furan rings is 1. The Morgan fingerprint density at radius 3 is 2.50 bits per heavy atom. The van der Waals surface area contributed by atoms with Gasteiger partial charge in [-0.05, 0) is 72.6 Å². The maximum Gasteiger partial charge on any atom is 0.287 e. The smallest absolute Gasteiger partial charge is 0.287 e. The van der Waals surface area contributed by atoms with Crippen molar-refractivity contribution in [2.24, 2.45) is 0 Å². The Hall–Kier alpha value is -2.08. The zero-order valence-corrected chi connectivity index (χ0v) is 16.6. The van der Waals surface area contributed by atoms with Gasteiger partial charge >= 0.3 is 0 Å². The van der Waals surface area contributed by atoms with E-state index >= 15 is 0 Å². The molecule has 2 N–H and O–H groups in total. The highest BCUT2D eigenvalue weighted by Crippen LogP contribution is 2.28. The van der Waals surface area contributed by atoms with Crippen molar-refractivity contribution in [1.82, 2.24) is 20.4 Å². The third-order valence-electron chi connectivity index (χ3n) is 4.82. The van der Waals surface area contributed by atoms with E-state index in [-0.39, 0.29) is 23.0 Å². The molecule has 26 heavy (non-hydrogen) atoms. The third-order valence-corrected chi connectivity index (χ3v) is 4.82. The first-order chi connectivity index (χ1) is 12.0. The second kappa shape index (κ2) is 6.58. The molecule has 1 amide bonds. The molecule has 0 unspecified atom stereocenters. The first kappa shape index (κ1) is 18.7. The van der Waals surface area contributed by atoms with Crippen LogP contribution in [0.3, 0.4) is 0 Å². The summed E-state index contributed by atoms with van der Waals surface area (Å²) < 4.78 is 7.65. The predicted octanol–water partition coefficient (Wildman–Crippen LogP) is 3.18. The zero-order chi connectivity index (χ0) is 19.1. The van der Waals surface area contributed by atoms with Crippen LogP contribution in [0.5, 0.6) is 0 Å². The highest BCUT2D eigenvalue weighted by atomic mass is 16.4. The molecule has 2 aromatic heterocycles. The van der Waals surface area contributed by atoms with Gasteiger partial charge in [0, 0.05) is 22.8 Å². The van der Waals surface area contributed by atoms with Crippen LogP contribution in [0.1, 0.15) is 68.2 Å². The normalized spacial score (nSPS) is 19.5. The summed E-state index contributed by atoms with van der Waals surface area (Å²) in [6.07, 6.45) is 1.78. The quantitative estimate of drug-likeness (QED) is 0.880. The number of aryl methyl sites for hydroxylation is 2. The van der Waals surface area contributed by atoms with Gasteiger partial charge in [-0.1, -0.05) is 0 Å². The minimum atomic E-state index is -0.150. The van der Waals surface area contributed by atoms with Crippen LogP contribution in [-0.4, -0.2) is 32.8 Å². The Morgan fingerprint density at radius 2 is 1.92 bits per heavy atom. The van der Waals surface area contributed by atoms with Gasteiger partial charge in [-0.2, -0.15) is 5.10 Å². The van der Waals surface area contributed by atoms with Crippen molar-refractivity contribution in [3.05, 3.63) is 41.1 Å². The van der Waals surface area contributed by atoms with E-state index in [4.69, 9.17) is 4.42 Å². The van der Waals surface area contributed by atoms with Crippen LogP contribution in [0.4, 0.5) is 0 Å². The van der Waals surface area contributed by atoms with Crippen molar-refractivity contribution in [3.63, 3.8) is 0 Å². The summed E-state index contributed by atoms with van der Waals surface area (Å²) >= 11 is 0. The van der Waals surface area contributed by atoms with Gasteiger partial charge in [0.25, 0.3) is 5.91 Å². The third kappa shape index (κ3) is 4.36. The lowest BCUT2D eigenvalue weighted by molar-refractivity contribution is 0.0844. The average molecular weight is 358 g/mol. The fourth-order valence-electron chi connectivity index (χ4n) is 4.25. The van der Waals surface area contributed by atoms with E-state index in [1.54, 1.807) is 6.07 Å². The first-order valence-electron chi connectivity index (χ1n) is 9.23. The molecule has 1 aliphatic heterocycles. The van der Waals surface area contributed by atoms with Crippen LogP contribution in [-0.2, 0) is 6.54 Å². The Morgan fingerprint density at radius 1 is 1.27 bits per heavy atom. The van der Waals surface area contributed by atoms with E-state index < -0.39 is 0 Å². The van der Waals surface area contributed by atoms with Crippen LogP contribution in [0.25, 0.3) is 0 Å². The van der Waals surface area contributed by atoms with Gasteiger partial charge in [0.1, 0.15) is 5.76 Å². The van der Waals surface area contributed by atoms with E-state index in [9.17, 15) is 4.79 Å². The Balaban J connectivity index is 1.65. The standard InChI is InChI=1S/C20H30N4O2/c1-13-9-14(2)24(22-13)12-16-7-8-17(26-16)18(25)21-15-10-19(3,4)23-20(5,6)11-15/h7-9,15,23H,10-12H2,1-6H3,(H,21,25). The van der Waals surface area contributed by atoms with Gasteiger partial charge in [0.15, 0.2) is 5.76 Å². The molecule has 3 rings (SSSR count). The van der Waals surface area contributed by atoms with Gasteiger partial charge in [0.2, 0.25) is 0 Å². The molecular formula is C20H30N4O2. The summed E-state index contributed by atoms with van der Waals surface area (Å²) in [6.45, 7) is 13.2. The maximum absolute atomic E-state index is 12.6. The summed E-state index contributed by atoms with van der Waals surface area (Å²) in [5.74, 6) is 0.936. The largest absolute Gasteiger partial charge is 0.454 e. The van der Waals surface area contributed by atoms with E-state index in [1.165, 1.54) is 0 Å². The van der Waals surface area contributed by atoms with Gasteiger partial charge in [-0.25, -0.2) is 0 Å². The molecule has 6 nitrogen and oxygen atoms in total. The molecule has 142 valence electrons. The van der Waals surface area contributed by atoms with Crippen LogP contribution < -0.4 is 10.6 Å². The number of piperidine rings is 1. The molecule has 0 aliphatic carbocycles. The number of hydrogen-bond donors (Lipinski definition) is 2. The molecule has 0 bridgehead atoms. The highest BCUT2D eigenvalue weighted by Gasteiger charge is 2.38. The van der Waals surface area contributed by atoms with Gasteiger partial charge in [0.05, 0.1) is 12.2 Å². The van der Waals surface area contributed by atoms with E-state index in [2.05, 4.69) is 43.4 Å². The molecule has 3 heterocycles. The van der Waals surface area contributed by atoms with Crippen LogP contribution in [0.15, 0.2) is 22.6 Å². The first-order valence-corrected chi connectivity index (χ1v) is 9.23. The molecule has 0 atom stereocenters. The molecule has 2 aromatic rings. The summed E-state index contributed by atoms with van der Waals surface area (Å²) in [4.78, 5) is 12.6. The number of carbonyl (C=O) groups is 1. The lowest BCUT2D eigenvalue weighted by Crippen LogP contribution is -2.62. The fraction of sp³-hybridized carbons (Fsp3) is 0.600. The average Bonchev–Trinajstić information content (AvgIpc) is 3.03. The second-order valence-electron chi connectivity index (χ2n) is 8.82. The predicted molar refractivity (Wildman–Crippen MR) is 101 cm³/mol. The molecule has 1 fully saturated rings. The minimum absolute atomic E-state index is 0.0104. The number of nitrogens with one attached hydrogen (secondary N) is 2. The fourth-order valence-corrected chi connectivity index (χ4v) is 4.25. The molecular weight excluding hydrogens is 328 g/mol. The topological polar surface area (TPSA) is 72.1 Å². The van der Waals surface area contributed by atoms with Crippen molar-refractivity contribution in [2.45, 2.75) is 78.0 Å². The van der Waals surface area contributed by atoms with Crippen LogP contribution in [0.2, 0.25) is 0 Å². The van der Waals surface area contributed by atoms with Crippen LogP contribution >= 0.6 is 0 Å². The van der Waals surface area contributed by atoms with Gasteiger partial charge < -0.3 is 15.1 Å². The molecule has 0 aromatic carbocycles. The van der Waals surface area contributed by atoms with Crippen molar-refractivity contribution in [1.29, 1.82) is 0 Å². The summed E-state index contributed by atoms with van der Waals surface area (Å²) in [7, 11) is 0. The lowest BCUT2D eigenvalue weighted by atomic mass is 9.79. The molecule has 0 spiro atoms. The molecule has 0 radical (unpaired) electrons. The van der Waals surface area contributed by atoms with E-state index in [0.29, 0.717) is 12.3 Å². The van der Waals surface area contributed by atoms with Gasteiger partial charge in [-0.15, -0.1) is 0 Å². The number of rotatable bonds is 4. The lowest BCUT2D eigenvalue weighted by Gasteiger charge is -2.46. The highest BCUT2D eigenvalue weighted by molar-refractivity contribution is 5.91. The van der Waals surface area contributed by atoms with Crippen LogP contribution in [0, 0.1) is 13.8 Å².